The van der Waals surface area contributed by atoms with Crippen molar-refractivity contribution < 1.29 is 14.6 Å². The first-order valence-electron chi connectivity index (χ1n) is 4.73. The van der Waals surface area contributed by atoms with Crippen LogP contribution in [0, 0.1) is 0 Å². The van der Waals surface area contributed by atoms with Gasteiger partial charge in [0.15, 0.2) is 6.10 Å². The number of benzene rings is 1. The molecule has 0 aromatic heterocycles. The van der Waals surface area contributed by atoms with E-state index in [1.807, 2.05) is 30.3 Å². The summed E-state index contributed by atoms with van der Waals surface area (Å²) >= 11 is 0. The first-order chi connectivity index (χ1) is 7.24. The average Bonchev–Trinajstić information content (AvgIpc) is 2.27. The third-order valence-corrected chi connectivity index (χ3v) is 1.89. The third-order valence-electron chi connectivity index (χ3n) is 1.89. The fraction of sp³-hybridized carbons (Fsp3) is 0.250. The van der Waals surface area contributed by atoms with Crippen LogP contribution in [0.5, 0.6) is 0 Å². The van der Waals surface area contributed by atoms with Crippen LogP contribution in [0.3, 0.4) is 0 Å². The maximum atomic E-state index is 11.2. The summed E-state index contributed by atoms with van der Waals surface area (Å²) in [5.74, 6) is -0.612. The molecule has 0 radical (unpaired) electrons. The summed E-state index contributed by atoms with van der Waals surface area (Å²) in [6, 6.07) is 9.30. The van der Waals surface area contributed by atoms with Crippen molar-refractivity contribution in [3.63, 3.8) is 0 Å². The second-order valence-corrected chi connectivity index (χ2v) is 3.12. The molecule has 0 saturated heterocycles. The first-order valence-corrected chi connectivity index (χ1v) is 4.73. The highest BCUT2D eigenvalue weighted by Crippen LogP contribution is 2.04. The van der Waals surface area contributed by atoms with E-state index in [1.165, 1.54) is 6.08 Å². The Morgan fingerprint density at radius 1 is 1.47 bits per heavy atom. The molecule has 0 saturated carbocycles. The second-order valence-electron chi connectivity index (χ2n) is 3.12. The number of aliphatic hydroxyl groups excluding tert-OH is 1. The minimum atomic E-state index is -1.10. The molecule has 15 heavy (non-hydrogen) atoms. The van der Waals surface area contributed by atoms with Gasteiger partial charge in [0, 0.05) is 6.42 Å². The molecule has 0 aliphatic carbocycles. The zero-order valence-corrected chi connectivity index (χ0v) is 8.43. The van der Waals surface area contributed by atoms with E-state index < -0.39 is 12.1 Å². The van der Waals surface area contributed by atoms with Gasteiger partial charge in [-0.05, 0) is 5.56 Å². The maximum Gasteiger partial charge on any atom is 0.335 e. The lowest BCUT2D eigenvalue weighted by molar-refractivity contribution is -0.152. The molecule has 0 aliphatic rings. The van der Waals surface area contributed by atoms with Crippen LogP contribution in [0.2, 0.25) is 0 Å². The zero-order valence-electron chi connectivity index (χ0n) is 8.43. The zero-order chi connectivity index (χ0) is 11.1. The molecule has 1 aromatic carbocycles. The lowest BCUT2D eigenvalue weighted by Gasteiger charge is -2.09. The highest BCUT2D eigenvalue weighted by Gasteiger charge is 2.16. The minimum Gasteiger partial charge on any atom is -0.460 e. The highest BCUT2D eigenvalue weighted by atomic mass is 16.5. The quantitative estimate of drug-likeness (QED) is 0.583. The fourth-order valence-corrected chi connectivity index (χ4v) is 1.16. The van der Waals surface area contributed by atoms with Crippen molar-refractivity contribution >= 4 is 5.97 Å². The normalized spacial score (nSPS) is 11.8. The minimum absolute atomic E-state index is 0.130. The molecule has 0 heterocycles. The molecular weight excluding hydrogens is 192 g/mol. The number of carbonyl (C=O) groups excluding carboxylic acids is 1. The van der Waals surface area contributed by atoms with Gasteiger partial charge in [-0.3, -0.25) is 0 Å². The number of hydrogen-bond acceptors (Lipinski definition) is 3. The van der Waals surface area contributed by atoms with Crippen LogP contribution in [0.15, 0.2) is 43.0 Å². The molecule has 0 unspecified atom stereocenters. The lowest BCUT2D eigenvalue weighted by atomic mass is 10.1. The van der Waals surface area contributed by atoms with Crippen LogP contribution in [-0.2, 0) is 16.0 Å². The Hall–Kier alpha value is -1.61. The summed E-state index contributed by atoms with van der Waals surface area (Å²) in [5.41, 5.74) is 0.903. The van der Waals surface area contributed by atoms with E-state index in [0.717, 1.165) is 5.56 Å². The Morgan fingerprint density at radius 2 is 2.13 bits per heavy atom. The topological polar surface area (TPSA) is 46.5 Å². The number of ether oxygens (including phenoxy) is 1. The molecule has 0 amide bonds. The Labute approximate surface area is 89.0 Å². The van der Waals surface area contributed by atoms with Crippen LogP contribution < -0.4 is 0 Å². The number of esters is 1. The lowest BCUT2D eigenvalue weighted by Crippen LogP contribution is -2.25. The second kappa shape index (κ2) is 5.98. The van der Waals surface area contributed by atoms with Crippen LogP contribution in [0.1, 0.15) is 5.56 Å². The number of carbonyl (C=O) groups is 1. The molecule has 1 N–H and O–H groups in total. The predicted octanol–water partition coefficient (Wildman–Crippen LogP) is 1.32. The van der Waals surface area contributed by atoms with E-state index in [1.54, 1.807) is 0 Å². The van der Waals surface area contributed by atoms with Crippen molar-refractivity contribution in [1.82, 2.24) is 0 Å². The van der Waals surface area contributed by atoms with Crippen molar-refractivity contribution in [2.24, 2.45) is 0 Å². The molecule has 1 atom stereocenters. The van der Waals surface area contributed by atoms with Crippen molar-refractivity contribution in [3.8, 4) is 0 Å². The third kappa shape index (κ3) is 3.95. The van der Waals surface area contributed by atoms with E-state index >= 15 is 0 Å². The highest BCUT2D eigenvalue weighted by molar-refractivity contribution is 5.74. The molecule has 80 valence electrons. The standard InChI is InChI=1S/C12H14O3/c1-2-8-15-12(14)11(13)9-10-6-4-3-5-7-10/h2-7,11,13H,1,8-9H2/t11-/m0/s1. The van der Waals surface area contributed by atoms with Gasteiger partial charge in [0.1, 0.15) is 6.61 Å². The Kier molecular flexibility index (Phi) is 4.57. The summed E-state index contributed by atoms with van der Waals surface area (Å²) in [6.07, 6.45) is 0.636. The summed E-state index contributed by atoms with van der Waals surface area (Å²) in [4.78, 5) is 11.2. The van der Waals surface area contributed by atoms with Gasteiger partial charge in [-0.25, -0.2) is 4.79 Å². The van der Waals surface area contributed by atoms with Gasteiger partial charge in [0.2, 0.25) is 0 Å². The van der Waals surface area contributed by atoms with E-state index in [4.69, 9.17) is 4.74 Å². The monoisotopic (exact) mass is 206 g/mol. The van der Waals surface area contributed by atoms with Crippen molar-refractivity contribution in [3.05, 3.63) is 48.6 Å². The van der Waals surface area contributed by atoms with Gasteiger partial charge in [-0.15, -0.1) is 0 Å². The van der Waals surface area contributed by atoms with Gasteiger partial charge < -0.3 is 9.84 Å². The molecule has 0 bridgehead atoms. The number of rotatable bonds is 5. The fourth-order valence-electron chi connectivity index (χ4n) is 1.16. The summed E-state index contributed by atoms with van der Waals surface area (Å²) in [6.45, 7) is 3.55. The molecule has 3 nitrogen and oxygen atoms in total. The van der Waals surface area contributed by atoms with E-state index in [-0.39, 0.29) is 13.0 Å². The van der Waals surface area contributed by atoms with E-state index in [0.29, 0.717) is 0 Å². The molecule has 1 rings (SSSR count). The number of aliphatic hydroxyl groups is 1. The van der Waals surface area contributed by atoms with Gasteiger partial charge in [0.05, 0.1) is 0 Å². The molecular formula is C12H14O3. The van der Waals surface area contributed by atoms with Crippen LogP contribution in [0.25, 0.3) is 0 Å². The molecule has 0 fully saturated rings. The van der Waals surface area contributed by atoms with Crippen molar-refractivity contribution in [1.29, 1.82) is 0 Å². The maximum absolute atomic E-state index is 11.2. The molecule has 3 heteroatoms. The largest absolute Gasteiger partial charge is 0.460 e. The molecule has 1 aromatic rings. The van der Waals surface area contributed by atoms with Crippen molar-refractivity contribution in [2.75, 3.05) is 6.61 Å². The average molecular weight is 206 g/mol. The van der Waals surface area contributed by atoms with E-state index in [9.17, 15) is 9.90 Å². The smallest absolute Gasteiger partial charge is 0.335 e. The van der Waals surface area contributed by atoms with Crippen molar-refractivity contribution in [2.45, 2.75) is 12.5 Å². The molecule has 0 spiro atoms. The SMILES string of the molecule is C=CCOC(=O)[C@@H](O)Cc1ccccc1. The Balaban J connectivity index is 2.45. The summed E-state index contributed by atoms with van der Waals surface area (Å²) in [5, 5.41) is 9.49. The van der Waals surface area contributed by atoms with Gasteiger partial charge >= 0.3 is 5.97 Å². The summed E-state index contributed by atoms with van der Waals surface area (Å²) in [7, 11) is 0. The predicted molar refractivity (Wildman–Crippen MR) is 57.3 cm³/mol. The van der Waals surface area contributed by atoms with Gasteiger partial charge in [0.25, 0.3) is 0 Å². The van der Waals surface area contributed by atoms with E-state index in [2.05, 4.69) is 6.58 Å². The van der Waals surface area contributed by atoms with Crippen LogP contribution in [0.4, 0.5) is 0 Å². The Morgan fingerprint density at radius 3 is 2.73 bits per heavy atom. The van der Waals surface area contributed by atoms with Gasteiger partial charge in [-0.1, -0.05) is 43.0 Å². The van der Waals surface area contributed by atoms with Gasteiger partial charge in [-0.2, -0.15) is 0 Å². The molecule has 0 aliphatic heterocycles. The van der Waals surface area contributed by atoms with Crippen LogP contribution >= 0.6 is 0 Å². The Bertz CT molecular complexity index is 319. The number of hydrogen-bond donors (Lipinski definition) is 1. The van der Waals surface area contributed by atoms with Crippen LogP contribution in [-0.4, -0.2) is 23.8 Å². The first kappa shape index (κ1) is 11.5. The summed E-state index contributed by atoms with van der Waals surface area (Å²) < 4.78 is 4.72.